The Morgan fingerprint density at radius 3 is 2.61 bits per heavy atom. The normalized spacial score (nSPS) is 14.8. The fraction of sp³-hybridized carbons (Fsp3) is 0.286. The molecule has 0 unspecified atom stereocenters. The second-order valence-corrected chi connectivity index (χ2v) is 6.86. The molecule has 1 fully saturated rings. The lowest BCUT2D eigenvalue weighted by molar-refractivity contribution is 0.131. The van der Waals surface area contributed by atoms with Crippen molar-refractivity contribution in [1.82, 2.24) is 19.9 Å². The highest BCUT2D eigenvalue weighted by atomic mass is 16.5. The summed E-state index contributed by atoms with van der Waals surface area (Å²) in [4.78, 5) is 25.2. The van der Waals surface area contributed by atoms with E-state index in [2.05, 4.69) is 9.97 Å². The van der Waals surface area contributed by atoms with Crippen LogP contribution in [0, 0.1) is 0 Å². The number of likely N-dealkylation sites (tertiary alicyclic amines) is 1. The van der Waals surface area contributed by atoms with Crippen LogP contribution in [-0.4, -0.2) is 51.3 Å². The molecule has 0 saturated carbocycles. The van der Waals surface area contributed by atoms with Crippen molar-refractivity contribution in [3.05, 3.63) is 54.6 Å². The summed E-state index contributed by atoms with van der Waals surface area (Å²) in [7, 11) is 1.65. The number of piperidine rings is 1. The van der Waals surface area contributed by atoms with Gasteiger partial charge in [-0.25, -0.2) is 9.78 Å². The summed E-state index contributed by atoms with van der Waals surface area (Å²) < 4.78 is 5.37. The van der Waals surface area contributed by atoms with Crippen LogP contribution in [0.5, 0.6) is 5.75 Å². The number of aromatic amines is 1. The molecule has 3 aromatic rings. The minimum Gasteiger partial charge on any atom is -0.497 e. The number of carboxylic acid groups (broad SMARTS) is 1. The molecule has 0 radical (unpaired) electrons. The Bertz CT molecular complexity index is 963. The van der Waals surface area contributed by atoms with Crippen molar-refractivity contribution in [2.75, 3.05) is 20.2 Å². The van der Waals surface area contributed by atoms with E-state index in [0.717, 1.165) is 46.9 Å². The number of ether oxygens (including phenoxy) is 1. The monoisotopic (exact) mass is 378 g/mol. The maximum absolute atomic E-state index is 11.2. The van der Waals surface area contributed by atoms with E-state index < -0.39 is 6.09 Å². The molecule has 1 aromatic carbocycles. The van der Waals surface area contributed by atoms with Crippen molar-refractivity contribution in [2.45, 2.75) is 18.8 Å². The molecule has 0 aliphatic carbocycles. The van der Waals surface area contributed by atoms with Crippen molar-refractivity contribution < 1.29 is 14.6 Å². The summed E-state index contributed by atoms with van der Waals surface area (Å²) in [5.41, 5.74) is 3.78. The molecule has 2 N–H and O–H groups in total. The van der Waals surface area contributed by atoms with E-state index in [4.69, 9.17) is 9.72 Å². The first-order valence-electron chi connectivity index (χ1n) is 9.28. The average molecular weight is 378 g/mol. The van der Waals surface area contributed by atoms with Gasteiger partial charge in [0.15, 0.2) is 0 Å². The van der Waals surface area contributed by atoms with E-state index in [1.54, 1.807) is 19.5 Å². The molecule has 0 bridgehead atoms. The quantitative estimate of drug-likeness (QED) is 0.716. The third-order valence-corrected chi connectivity index (χ3v) is 5.19. The predicted molar refractivity (Wildman–Crippen MR) is 105 cm³/mol. The van der Waals surface area contributed by atoms with Crippen LogP contribution in [0.4, 0.5) is 4.79 Å². The highest BCUT2D eigenvalue weighted by molar-refractivity contribution is 5.79. The molecule has 0 spiro atoms. The van der Waals surface area contributed by atoms with E-state index in [0.29, 0.717) is 13.1 Å². The maximum Gasteiger partial charge on any atom is 0.407 e. The van der Waals surface area contributed by atoms with E-state index in [9.17, 15) is 9.90 Å². The highest BCUT2D eigenvalue weighted by Crippen LogP contribution is 2.35. The van der Waals surface area contributed by atoms with Gasteiger partial charge in [0, 0.05) is 42.5 Å². The summed E-state index contributed by atoms with van der Waals surface area (Å²) in [6.07, 6.45) is 4.18. The number of nitrogens with zero attached hydrogens (tertiary/aromatic N) is 3. The third-order valence-electron chi connectivity index (χ3n) is 5.19. The number of pyridine rings is 1. The number of hydrogen-bond acceptors (Lipinski definition) is 4. The predicted octanol–water partition coefficient (Wildman–Crippen LogP) is 4.00. The van der Waals surface area contributed by atoms with Gasteiger partial charge < -0.3 is 19.7 Å². The van der Waals surface area contributed by atoms with Gasteiger partial charge >= 0.3 is 6.09 Å². The Kier molecular flexibility index (Phi) is 4.97. The van der Waals surface area contributed by atoms with Gasteiger partial charge in [-0.15, -0.1) is 0 Å². The smallest absolute Gasteiger partial charge is 0.407 e. The fourth-order valence-electron chi connectivity index (χ4n) is 3.64. The van der Waals surface area contributed by atoms with Crippen LogP contribution in [0.1, 0.15) is 24.6 Å². The Morgan fingerprint density at radius 2 is 1.93 bits per heavy atom. The van der Waals surface area contributed by atoms with Crippen LogP contribution in [-0.2, 0) is 0 Å². The second-order valence-electron chi connectivity index (χ2n) is 6.86. The van der Waals surface area contributed by atoms with Crippen LogP contribution in [0.2, 0.25) is 0 Å². The number of amides is 1. The lowest BCUT2D eigenvalue weighted by atomic mass is 9.96. The first-order valence-corrected chi connectivity index (χ1v) is 9.28. The molecule has 4 rings (SSSR count). The van der Waals surface area contributed by atoms with Crippen molar-refractivity contribution in [3.8, 4) is 28.3 Å². The number of benzene rings is 1. The van der Waals surface area contributed by atoms with Crippen LogP contribution in [0.3, 0.4) is 0 Å². The summed E-state index contributed by atoms with van der Waals surface area (Å²) in [6.45, 7) is 1.06. The minimum atomic E-state index is -0.854. The number of imidazole rings is 1. The van der Waals surface area contributed by atoms with Gasteiger partial charge in [-0.05, 0) is 37.1 Å². The molecule has 2 aromatic heterocycles. The van der Waals surface area contributed by atoms with Crippen molar-refractivity contribution >= 4 is 6.09 Å². The number of methoxy groups -OCH3 is 1. The van der Waals surface area contributed by atoms with E-state index in [-0.39, 0.29) is 5.92 Å². The van der Waals surface area contributed by atoms with Gasteiger partial charge in [-0.1, -0.05) is 12.1 Å². The Morgan fingerprint density at radius 1 is 1.18 bits per heavy atom. The SMILES string of the molecule is COc1cccc(-c2nc(C3CCN(C(=O)O)CC3)[nH]c2-c2ccncc2)c1. The number of H-pyrrole nitrogens is 1. The summed E-state index contributed by atoms with van der Waals surface area (Å²) in [5, 5.41) is 9.17. The van der Waals surface area contributed by atoms with Crippen LogP contribution in [0.15, 0.2) is 48.8 Å². The number of rotatable bonds is 4. The lowest BCUT2D eigenvalue weighted by Crippen LogP contribution is -2.37. The van der Waals surface area contributed by atoms with Gasteiger partial charge in [0.2, 0.25) is 0 Å². The zero-order valence-electron chi connectivity index (χ0n) is 15.6. The summed E-state index contributed by atoms with van der Waals surface area (Å²) in [6, 6.07) is 11.7. The van der Waals surface area contributed by atoms with Crippen molar-refractivity contribution in [2.24, 2.45) is 0 Å². The first kappa shape index (κ1) is 18.0. The highest BCUT2D eigenvalue weighted by Gasteiger charge is 2.27. The number of nitrogens with one attached hydrogen (secondary N) is 1. The van der Waals surface area contributed by atoms with Crippen molar-refractivity contribution in [1.29, 1.82) is 0 Å². The van der Waals surface area contributed by atoms with Crippen LogP contribution in [0.25, 0.3) is 22.5 Å². The average Bonchev–Trinajstić information content (AvgIpc) is 3.20. The summed E-state index contributed by atoms with van der Waals surface area (Å²) >= 11 is 0. The summed E-state index contributed by atoms with van der Waals surface area (Å²) in [5.74, 6) is 1.88. The molecular formula is C21H22N4O3. The molecular weight excluding hydrogens is 356 g/mol. The molecule has 3 heterocycles. The number of hydrogen-bond donors (Lipinski definition) is 2. The molecule has 28 heavy (non-hydrogen) atoms. The molecule has 1 aliphatic rings. The second kappa shape index (κ2) is 7.72. The number of carbonyl (C=O) groups is 1. The zero-order chi connectivity index (χ0) is 19.5. The van der Waals surface area contributed by atoms with Crippen LogP contribution >= 0.6 is 0 Å². The van der Waals surface area contributed by atoms with Gasteiger partial charge in [0.1, 0.15) is 11.6 Å². The Labute approximate surface area is 163 Å². The number of aromatic nitrogens is 3. The standard InChI is InChI=1S/C21H22N4O3/c1-28-17-4-2-3-16(13-17)19-18(14-5-9-22-10-6-14)23-20(24-19)15-7-11-25(12-8-15)21(26)27/h2-6,9-10,13,15H,7-8,11-12H2,1H3,(H,23,24)(H,26,27). The molecule has 1 aliphatic heterocycles. The maximum atomic E-state index is 11.2. The topological polar surface area (TPSA) is 91.3 Å². The van der Waals surface area contributed by atoms with Gasteiger partial charge in [-0.2, -0.15) is 0 Å². The molecule has 7 heteroatoms. The Balaban J connectivity index is 1.72. The zero-order valence-corrected chi connectivity index (χ0v) is 15.6. The van der Waals surface area contributed by atoms with E-state index in [1.807, 2.05) is 36.4 Å². The molecule has 1 amide bonds. The molecule has 7 nitrogen and oxygen atoms in total. The van der Waals surface area contributed by atoms with E-state index in [1.165, 1.54) is 4.90 Å². The first-order chi connectivity index (χ1) is 13.7. The lowest BCUT2D eigenvalue weighted by Gasteiger charge is -2.28. The molecule has 144 valence electrons. The molecule has 0 atom stereocenters. The largest absolute Gasteiger partial charge is 0.497 e. The van der Waals surface area contributed by atoms with E-state index >= 15 is 0 Å². The Hall–Kier alpha value is -3.35. The van der Waals surface area contributed by atoms with Crippen LogP contribution < -0.4 is 4.74 Å². The van der Waals surface area contributed by atoms with Gasteiger partial charge in [0.05, 0.1) is 18.5 Å². The minimum absolute atomic E-state index is 0.204. The fourth-order valence-corrected chi connectivity index (χ4v) is 3.64. The third kappa shape index (κ3) is 3.55. The van der Waals surface area contributed by atoms with Gasteiger partial charge in [0.25, 0.3) is 0 Å². The van der Waals surface area contributed by atoms with Crippen molar-refractivity contribution in [3.63, 3.8) is 0 Å². The molecule has 1 saturated heterocycles. The van der Waals surface area contributed by atoms with Gasteiger partial charge in [-0.3, -0.25) is 4.98 Å².